The SMILES string of the molecule is CCCCCC(CC)(CC)c1ccccc1C(=C(C#N)C(=O)O)c1ccccc1. The van der Waals surface area contributed by atoms with Gasteiger partial charge in [-0.05, 0) is 41.4 Å². The first kappa shape index (κ1) is 22.4. The molecule has 29 heavy (non-hydrogen) atoms. The molecule has 0 saturated heterocycles. The number of aliphatic carboxylic acids is 1. The summed E-state index contributed by atoms with van der Waals surface area (Å²) in [5.41, 5.74) is 3.03. The smallest absolute Gasteiger partial charge is 0.347 e. The number of nitrogens with zero attached hydrogens (tertiary/aromatic N) is 1. The van der Waals surface area contributed by atoms with E-state index in [2.05, 4.69) is 26.8 Å². The Morgan fingerprint density at radius 2 is 1.59 bits per heavy atom. The highest BCUT2D eigenvalue weighted by atomic mass is 16.4. The Bertz CT molecular complexity index is 886. The number of nitriles is 1. The summed E-state index contributed by atoms with van der Waals surface area (Å²) in [7, 11) is 0. The molecule has 0 amide bonds. The Kier molecular flexibility index (Phi) is 8.21. The Balaban J connectivity index is 2.78. The normalized spacial score (nSPS) is 12.2. The fourth-order valence-electron chi connectivity index (χ4n) is 4.25. The zero-order valence-electron chi connectivity index (χ0n) is 17.7. The van der Waals surface area contributed by atoms with Crippen molar-refractivity contribution >= 4 is 11.5 Å². The van der Waals surface area contributed by atoms with Gasteiger partial charge in [-0.2, -0.15) is 5.26 Å². The molecule has 0 aliphatic rings. The van der Waals surface area contributed by atoms with Gasteiger partial charge in [0.2, 0.25) is 0 Å². The number of unbranched alkanes of at least 4 members (excludes halogenated alkanes) is 2. The van der Waals surface area contributed by atoms with E-state index in [4.69, 9.17) is 0 Å². The van der Waals surface area contributed by atoms with E-state index >= 15 is 0 Å². The number of rotatable bonds is 10. The van der Waals surface area contributed by atoms with Crippen LogP contribution in [0.2, 0.25) is 0 Å². The lowest BCUT2D eigenvalue weighted by Crippen LogP contribution is -2.26. The van der Waals surface area contributed by atoms with Crippen molar-refractivity contribution in [3.8, 4) is 6.07 Å². The summed E-state index contributed by atoms with van der Waals surface area (Å²) in [4.78, 5) is 11.9. The third-order valence-electron chi connectivity index (χ3n) is 6.02. The summed E-state index contributed by atoms with van der Waals surface area (Å²) in [6.07, 6.45) is 6.49. The molecule has 0 radical (unpaired) electrons. The van der Waals surface area contributed by atoms with Gasteiger partial charge in [0.1, 0.15) is 11.6 Å². The van der Waals surface area contributed by atoms with E-state index < -0.39 is 5.97 Å². The predicted octanol–water partition coefficient (Wildman–Crippen LogP) is 6.73. The van der Waals surface area contributed by atoms with Crippen molar-refractivity contribution in [1.29, 1.82) is 5.26 Å². The minimum Gasteiger partial charge on any atom is -0.477 e. The number of carbonyl (C=O) groups is 1. The molecule has 0 bridgehead atoms. The maximum absolute atomic E-state index is 11.9. The summed E-state index contributed by atoms with van der Waals surface area (Å²) < 4.78 is 0. The molecular formula is C26H31NO2. The number of hydrogen-bond donors (Lipinski definition) is 1. The van der Waals surface area contributed by atoms with Crippen LogP contribution in [0.25, 0.3) is 5.57 Å². The van der Waals surface area contributed by atoms with E-state index in [0.717, 1.165) is 48.8 Å². The third-order valence-corrected chi connectivity index (χ3v) is 6.02. The standard InChI is InChI=1S/C26H31NO2/c1-4-7-13-18-26(5-2,6-3)23-17-12-11-16-21(23)24(22(19-27)25(28)29)20-14-9-8-10-15-20/h8-12,14-17H,4-7,13,18H2,1-3H3,(H,28,29). The molecule has 0 aromatic heterocycles. The highest BCUT2D eigenvalue weighted by Gasteiger charge is 2.32. The van der Waals surface area contributed by atoms with Crippen LogP contribution in [0.3, 0.4) is 0 Å². The number of benzene rings is 2. The summed E-state index contributed by atoms with van der Waals surface area (Å²) in [6, 6.07) is 19.4. The zero-order valence-corrected chi connectivity index (χ0v) is 17.7. The van der Waals surface area contributed by atoms with E-state index in [1.54, 1.807) is 0 Å². The fraction of sp³-hybridized carbons (Fsp3) is 0.385. The first-order chi connectivity index (χ1) is 14.0. The Hall–Kier alpha value is -2.86. The van der Waals surface area contributed by atoms with E-state index in [9.17, 15) is 15.2 Å². The van der Waals surface area contributed by atoms with E-state index in [1.165, 1.54) is 6.42 Å². The van der Waals surface area contributed by atoms with Crippen molar-refractivity contribution in [2.45, 2.75) is 64.7 Å². The highest BCUT2D eigenvalue weighted by molar-refractivity contribution is 6.04. The van der Waals surface area contributed by atoms with Gasteiger partial charge in [-0.15, -0.1) is 0 Å². The fourth-order valence-corrected chi connectivity index (χ4v) is 4.25. The van der Waals surface area contributed by atoms with Crippen LogP contribution in [0.15, 0.2) is 60.2 Å². The van der Waals surface area contributed by atoms with Crippen LogP contribution in [0.4, 0.5) is 0 Å². The monoisotopic (exact) mass is 389 g/mol. The minimum absolute atomic E-state index is 0.0368. The van der Waals surface area contributed by atoms with Crippen LogP contribution in [-0.4, -0.2) is 11.1 Å². The molecule has 2 aromatic carbocycles. The zero-order chi connectivity index (χ0) is 21.3. The van der Waals surface area contributed by atoms with Gasteiger partial charge in [-0.25, -0.2) is 4.79 Å². The van der Waals surface area contributed by atoms with Crippen LogP contribution in [-0.2, 0) is 10.2 Å². The Morgan fingerprint density at radius 1 is 0.966 bits per heavy atom. The molecule has 3 nitrogen and oxygen atoms in total. The molecule has 0 spiro atoms. The molecule has 152 valence electrons. The highest BCUT2D eigenvalue weighted by Crippen LogP contribution is 2.42. The van der Waals surface area contributed by atoms with E-state index in [1.807, 2.05) is 54.6 Å². The van der Waals surface area contributed by atoms with Gasteiger partial charge in [0, 0.05) is 5.57 Å². The van der Waals surface area contributed by atoms with Crippen molar-refractivity contribution in [1.82, 2.24) is 0 Å². The molecule has 0 fully saturated rings. The summed E-state index contributed by atoms with van der Waals surface area (Å²) >= 11 is 0. The lowest BCUT2D eigenvalue weighted by atomic mass is 9.69. The number of hydrogen-bond acceptors (Lipinski definition) is 2. The van der Waals surface area contributed by atoms with Gasteiger partial charge in [0.15, 0.2) is 0 Å². The average Bonchev–Trinajstić information content (AvgIpc) is 2.76. The van der Waals surface area contributed by atoms with Crippen molar-refractivity contribution in [3.63, 3.8) is 0 Å². The lowest BCUT2D eigenvalue weighted by Gasteiger charge is -2.35. The second kappa shape index (κ2) is 10.6. The minimum atomic E-state index is -1.19. The van der Waals surface area contributed by atoms with Crippen LogP contribution in [0, 0.1) is 11.3 Å². The summed E-state index contributed by atoms with van der Waals surface area (Å²) in [6.45, 7) is 6.62. The molecule has 2 aromatic rings. The van der Waals surface area contributed by atoms with Gasteiger partial charge in [-0.1, -0.05) is 94.6 Å². The summed E-state index contributed by atoms with van der Waals surface area (Å²) in [5, 5.41) is 19.4. The number of carboxylic acid groups (broad SMARTS) is 1. The molecule has 3 heteroatoms. The Morgan fingerprint density at radius 3 is 2.14 bits per heavy atom. The first-order valence-electron chi connectivity index (χ1n) is 10.6. The van der Waals surface area contributed by atoms with Gasteiger partial charge in [0.25, 0.3) is 0 Å². The van der Waals surface area contributed by atoms with Crippen LogP contribution in [0.5, 0.6) is 0 Å². The largest absolute Gasteiger partial charge is 0.477 e. The molecule has 0 aliphatic carbocycles. The quantitative estimate of drug-likeness (QED) is 0.278. The first-order valence-corrected chi connectivity index (χ1v) is 10.6. The van der Waals surface area contributed by atoms with Gasteiger partial charge >= 0.3 is 5.97 Å². The van der Waals surface area contributed by atoms with Crippen LogP contribution < -0.4 is 0 Å². The van der Waals surface area contributed by atoms with E-state index in [-0.39, 0.29) is 11.0 Å². The molecule has 0 unspecified atom stereocenters. The lowest BCUT2D eigenvalue weighted by molar-refractivity contribution is -0.132. The van der Waals surface area contributed by atoms with Crippen molar-refractivity contribution in [2.75, 3.05) is 0 Å². The van der Waals surface area contributed by atoms with Gasteiger partial charge < -0.3 is 5.11 Å². The molecule has 1 N–H and O–H groups in total. The van der Waals surface area contributed by atoms with E-state index in [0.29, 0.717) is 5.57 Å². The predicted molar refractivity (Wildman–Crippen MR) is 119 cm³/mol. The van der Waals surface area contributed by atoms with Crippen LogP contribution >= 0.6 is 0 Å². The van der Waals surface area contributed by atoms with Gasteiger partial charge in [0.05, 0.1) is 0 Å². The summed E-state index contributed by atoms with van der Waals surface area (Å²) in [5.74, 6) is -1.19. The molecular weight excluding hydrogens is 358 g/mol. The third kappa shape index (κ3) is 4.95. The van der Waals surface area contributed by atoms with Crippen molar-refractivity contribution in [2.24, 2.45) is 0 Å². The molecule has 2 rings (SSSR count). The maximum atomic E-state index is 11.9. The topological polar surface area (TPSA) is 61.1 Å². The Labute approximate surface area is 174 Å². The number of carboxylic acids is 1. The molecule has 0 saturated carbocycles. The second-order valence-corrected chi connectivity index (χ2v) is 7.52. The molecule has 0 aliphatic heterocycles. The molecule has 0 heterocycles. The van der Waals surface area contributed by atoms with Gasteiger partial charge in [-0.3, -0.25) is 0 Å². The average molecular weight is 390 g/mol. The van der Waals surface area contributed by atoms with Crippen LogP contribution in [0.1, 0.15) is 76.0 Å². The second-order valence-electron chi connectivity index (χ2n) is 7.52. The molecule has 0 atom stereocenters. The maximum Gasteiger partial charge on any atom is 0.347 e. The van der Waals surface area contributed by atoms with Crippen molar-refractivity contribution in [3.05, 3.63) is 76.9 Å². The van der Waals surface area contributed by atoms with Crippen molar-refractivity contribution < 1.29 is 9.90 Å².